The van der Waals surface area contributed by atoms with E-state index in [0.29, 0.717) is 19.4 Å². The van der Waals surface area contributed by atoms with Crippen molar-refractivity contribution in [1.29, 1.82) is 0 Å². The Morgan fingerprint density at radius 2 is 0.846 bits per heavy atom. The molecule has 0 saturated heterocycles. The fourth-order valence-corrected chi connectivity index (χ4v) is 8.36. The molecule has 1 rings (SSSR count). The third kappa shape index (κ3) is 34.8. The van der Waals surface area contributed by atoms with Gasteiger partial charge in [0, 0.05) is 12.1 Å². The number of hydrogen-bond acceptors (Lipinski definition) is 3. The average Bonchev–Trinajstić information content (AvgIpc) is 3.13. The van der Waals surface area contributed by atoms with Crippen molar-refractivity contribution in [3.8, 4) is 0 Å². The zero-order valence-corrected chi connectivity index (χ0v) is 36.3. The summed E-state index contributed by atoms with van der Waals surface area (Å²) in [5.74, 6) is 0. The fourth-order valence-electron chi connectivity index (χ4n) is 6.61. The number of nitrogens with zero attached hydrogens (tertiary/aromatic N) is 1. The Morgan fingerprint density at radius 1 is 0.500 bits per heavy atom. The lowest BCUT2D eigenvalue weighted by Gasteiger charge is -2.19. The molecule has 1 aromatic rings. The van der Waals surface area contributed by atoms with Crippen LogP contribution in [0.2, 0.25) is 0 Å². The van der Waals surface area contributed by atoms with E-state index in [9.17, 15) is 4.57 Å². The molecule has 0 fully saturated rings. The highest BCUT2D eigenvalue weighted by Crippen LogP contribution is 2.49. The molecule has 0 N–H and O–H groups in total. The molecular formula is C46H85ClNO3P. The van der Waals surface area contributed by atoms with Gasteiger partial charge in [0.15, 0.2) is 12.4 Å². The number of rotatable bonds is 39. The minimum absolute atomic E-state index is 0. The third-order valence-corrected chi connectivity index (χ3v) is 12.1. The van der Waals surface area contributed by atoms with Crippen molar-refractivity contribution >= 4 is 7.60 Å². The minimum atomic E-state index is -3.05. The maximum Gasteiger partial charge on any atom is 0.330 e. The molecule has 4 nitrogen and oxygen atoms in total. The highest BCUT2D eigenvalue weighted by atomic mass is 35.5. The van der Waals surface area contributed by atoms with Gasteiger partial charge in [-0.15, -0.1) is 0 Å². The maximum atomic E-state index is 13.7. The van der Waals surface area contributed by atoms with Gasteiger partial charge in [-0.1, -0.05) is 154 Å². The first-order valence-corrected chi connectivity index (χ1v) is 23.9. The van der Waals surface area contributed by atoms with Gasteiger partial charge in [0.1, 0.15) is 7.05 Å². The Labute approximate surface area is 330 Å². The van der Waals surface area contributed by atoms with Gasteiger partial charge in [-0.3, -0.25) is 4.57 Å². The number of hydrogen-bond donors (Lipinski definition) is 0. The first-order chi connectivity index (χ1) is 25.1. The van der Waals surface area contributed by atoms with Gasteiger partial charge in [0.2, 0.25) is 0 Å². The second kappa shape index (κ2) is 39.8. The van der Waals surface area contributed by atoms with Gasteiger partial charge in [0.25, 0.3) is 0 Å². The number of unbranched alkanes of at least 4 members (excludes halogenated alkanes) is 25. The molecule has 0 bridgehead atoms. The molecule has 0 radical (unpaired) electrons. The second-order valence-electron chi connectivity index (χ2n) is 15.2. The van der Waals surface area contributed by atoms with Crippen LogP contribution in [-0.4, -0.2) is 19.4 Å². The standard InChI is InChI=1S/C46H85NO3P.ClH/c1-4-6-8-10-12-14-16-18-20-22-24-26-28-30-32-35-43-49-51(48,45-37-34-38-46-39-41-47(3)42-40-46)50-44-36-33-31-29-27-25-23-21-19-17-15-13-11-9-7-5-2;/h18-21,39-42H,4-17,22-38,43-45H2,1-3H3;1H/q+1;/p-1/b20-18-,21-19-;. The third-order valence-electron chi connectivity index (χ3n) is 10.1. The molecule has 0 aliphatic heterocycles. The Morgan fingerprint density at radius 3 is 1.23 bits per heavy atom. The summed E-state index contributed by atoms with van der Waals surface area (Å²) in [5.41, 5.74) is 1.33. The molecule has 0 amide bonds. The van der Waals surface area contributed by atoms with Crippen molar-refractivity contribution in [1.82, 2.24) is 0 Å². The zero-order valence-electron chi connectivity index (χ0n) is 34.7. The fraction of sp³-hybridized carbons (Fsp3) is 0.804. The summed E-state index contributed by atoms with van der Waals surface area (Å²) in [6.07, 6.45) is 53.2. The highest BCUT2D eigenvalue weighted by molar-refractivity contribution is 7.53. The van der Waals surface area contributed by atoms with Crippen molar-refractivity contribution in [2.75, 3.05) is 19.4 Å². The smallest absolute Gasteiger partial charge is 0.330 e. The molecule has 0 saturated carbocycles. The maximum absolute atomic E-state index is 13.7. The number of aryl methyl sites for hydroxylation is 2. The number of allylic oxidation sites excluding steroid dienone is 4. The molecule has 1 heterocycles. The summed E-state index contributed by atoms with van der Waals surface area (Å²) in [6.45, 7) is 5.68. The number of pyridine rings is 1. The van der Waals surface area contributed by atoms with Crippen LogP contribution in [0.4, 0.5) is 0 Å². The van der Waals surface area contributed by atoms with Gasteiger partial charge in [-0.2, -0.15) is 0 Å². The summed E-state index contributed by atoms with van der Waals surface area (Å²) in [4.78, 5) is 0. The van der Waals surface area contributed by atoms with Crippen molar-refractivity contribution in [3.63, 3.8) is 0 Å². The van der Waals surface area contributed by atoms with E-state index in [-0.39, 0.29) is 12.4 Å². The molecule has 0 aliphatic rings. The van der Waals surface area contributed by atoms with Crippen molar-refractivity contribution in [3.05, 3.63) is 54.4 Å². The minimum Gasteiger partial charge on any atom is -1.00 e. The van der Waals surface area contributed by atoms with Crippen LogP contribution in [0.3, 0.4) is 0 Å². The molecule has 304 valence electrons. The summed E-state index contributed by atoms with van der Waals surface area (Å²) < 4.78 is 27.9. The van der Waals surface area contributed by atoms with Crippen LogP contribution in [0.5, 0.6) is 0 Å². The van der Waals surface area contributed by atoms with Gasteiger partial charge in [-0.25, -0.2) is 4.57 Å². The van der Waals surface area contributed by atoms with Crippen LogP contribution in [0, 0.1) is 0 Å². The van der Waals surface area contributed by atoms with E-state index in [4.69, 9.17) is 9.05 Å². The number of halogens is 1. The molecular weight excluding hydrogens is 681 g/mol. The molecule has 6 heteroatoms. The lowest BCUT2D eigenvalue weighted by atomic mass is 10.1. The van der Waals surface area contributed by atoms with Crippen molar-refractivity contribution in [2.45, 2.75) is 213 Å². The topological polar surface area (TPSA) is 39.4 Å². The molecule has 0 spiro atoms. The lowest BCUT2D eigenvalue weighted by molar-refractivity contribution is -0.671. The summed E-state index contributed by atoms with van der Waals surface area (Å²) >= 11 is 0. The number of aromatic nitrogens is 1. The molecule has 0 aliphatic carbocycles. The first-order valence-electron chi connectivity index (χ1n) is 22.2. The molecule has 0 aromatic carbocycles. The highest BCUT2D eigenvalue weighted by Gasteiger charge is 2.23. The molecule has 0 atom stereocenters. The Hall–Kier alpha value is -0.930. The predicted molar refractivity (Wildman–Crippen MR) is 224 cm³/mol. The van der Waals surface area contributed by atoms with Crippen LogP contribution >= 0.6 is 7.60 Å². The van der Waals surface area contributed by atoms with Crippen LogP contribution in [0.1, 0.15) is 212 Å². The van der Waals surface area contributed by atoms with Crippen LogP contribution in [0.15, 0.2) is 48.8 Å². The van der Waals surface area contributed by atoms with Gasteiger partial charge < -0.3 is 21.5 Å². The van der Waals surface area contributed by atoms with E-state index in [1.807, 2.05) is 7.05 Å². The van der Waals surface area contributed by atoms with Crippen LogP contribution < -0.4 is 17.0 Å². The monoisotopic (exact) mass is 766 g/mol. The molecule has 52 heavy (non-hydrogen) atoms. The quantitative estimate of drug-likeness (QED) is 0.0290. The van der Waals surface area contributed by atoms with Crippen molar-refractivity contribution in [2.24, 2.45) is 7.05 Å². The van der Waals surface area contributed by atoms with E-state index in [1.165, 1.54) is 160 Å². The Bertz CT molecular complexity index is 919. The summed E-state index contributed by atoms with van der Waals surface area (Å²) in [7, 11) is -1.00. The summed E-state index contributed by atoms with van der Waals surface area (Å²) in [6, 6.07) is 4.35. The Kier molecular flexibility index (Phi) is 39.0. The SMILES string of the molecule is CCCCCCCC/C=C\CCCCCCCCOP(=O)(CCCCc1cc[n+](C)cc1)OCCCCCCCC/C=C\CCCCCCCC.[Cl-]. The average molecular weight is 767 g/mol. The van der Waals surface area contributed by atoms with Crippen LogP contribution in [-0.2, 0) is 27.1 Å². The van der Waals surface area contributed by atoms with E-state index < -0.39 is 7.60 Å². The summed E-state index contributed by atoms with van der Waals surface area (Å²) in [5, 5.41) is 0. The van der Waals surface area contributed by atoms with E-state index >= 15 is 0 Å². The van der Waals surface area contributed by atoms with E-state index in [1.54, 1.807) is 0 Å². The van der Waals surface area contributed by atoms with E-state index in [0.717, 1.165) is 44.9 Å². The van der Waals surface area contributed by atoms with Gasteiger partial charge >= 0.3 is 7.60 Å². The Balaban J connectivity index is 0.0000260. The first kappa shape index (κ1) is 51.1. The van der Waals surface area contributed by atoms with Crippen LogP contribution in [0.25, 0.3) is 0 Å². The normalized spacial score (nSPS) is 12.0. The van der Waals surface area contributed by atoms with Crippen molar-refractivity contribution < 1.29 is 30.6 Å². The van der Waals surface area contributed by atoms with Gasteiger partial charge in [-0.05, 0) is 89.0 Å². The van der Waals surface area contributed by atoms with E-state index in [2.05, 4.69) is 67.2 Å². The predicted octanol–water partition coefficient (Wildman–Crippen LogP) is 12.1. The second-order valence-corrected chi connectivity index (χ2v) is 17.4. The molecule has 1 aromatic heterocycles. The lowest BCUT2D eigenvalue weighted by Crippen LogP contribution is -3.00. The largest absolute Gasteiger partial charge is 1.00 e. The zero-order chi connectivity index (χ0) is 36.8. The molecule has 0 unspecified atom stereocenters. The van der Waals surface area contributed by atoms with Gasteiger partial charge in [0.05, 0.1) is 19.4 Å².